The van der Waals surface area contributed by atoms with Crippen molar-refractivity contribution in [2.45, 2.75) is 18.7 Å². The van der Waals surface area contributed by atoms with E-state index in [-0.39, 0.29) is 10.6 Å². The van der Waals surface area contributed by atoms with Crippen molar-refractivity contribution in [1.82, 2.24) is 0 Å². The van der Waals surface area contributed by atoms with Gasteiger partial charge in [0.05, 0.1) is 30.0 Å². The lowest BCUT2D eigenvalue weighted by molar-refractivity contribution is -0.116. The second-order valence-corrected chi connectivity index (χ2v) is 9.21. The van der Waals surface area contributed by atoms with E-state index >= 15 is 0 Å². The van der Waals surface area contributed by atoms with Crippen LogP contribution in [0.2, 0.25) is 0 Å². The number of hydrogen-bond acceptors (Lipinski definition) is 5. The van der Waals surface area contributed by atoms with Crippen LogP contribution in [0, 0.1) is 6.92 Å². The molecule has 0 bridgehead atoms. The van der Waals surface area contributed by atoms with Crippen molar-refractivity contribution >= 4 is 27.3 Å². The Morgan fingerprint density at radius 3 is 2.06 bits per heavy atom. The number of likely N-dealkylation sites (N-methyl/N-ethyl adjacent to an activating group) is 1. The van der Waals surface area contributed by atoms with Crippen molar-refractivity contribution in [2.24, 2.45) is 0 Å². The number of benzene rings is 3. The standard InChI is InChI=1S/C25H28N2O5S/c1-5-32-24-13-9-6-10-21(24)26(3)25(28)18-27(22-11-7-8-12-23(22)31-4)33(29,30)20-16-14-19(2)15-17-20/h6-17H,5,18H2,1-4H3. The number of methoxy groups -OCH3 is 1. The summed E-state index contributed by atoms with van der Waals surface area (Å²) in [4.78, 5) is 14.8. The van der Waals surface area contributed by atoms with Crippen molar-refractivity contribution in [3.8, 4) is 11.5 Å². The number of anilines is 2. The van der Waals surface area contributed by atoms with Gasteiger partial charge in [-0.2, -0.15) is 0 Å². The van der Waals surface area contributed by atoms with Gasteiger partial charge in [-0.1, -0.05) is 42.0 Å². The monoisotopic (exact) mass is 468 g/mol. The molecule has 3 aromatic rings. The van der Waals surface area contributed by atoms with Gasteiger partial charge in [0.15, 0.2) is 0 Å². The highest BCUT2D eigenvalue weighted by atomic mass is 32.2. The predicted octanol–water partition coefficient (Wildman–Crippen LogP) is 4.26. The third kappa shape index (κ3) is 5.28. The number of aryl methyl sites for hydroxylation is 1. The first-order valence-corrected chi connectivity index (χ1v) is 11.9. The fourth-order valence-electron chi connectivity index (χ4n) is 3.35. The molecule has 0 aromatic heterocycles. The van der Waals surface area contributed by atoms with Crippen molar-refractivity contribution in [3.05, 3.63) is 78.4 Å². The maximum Gasteiger partial charge on any atom is 0.264 e. The van der Waals surface area contributed by atoms with Crippen molar-refractivity contribution in [1.29, 1.82) is 0 Å². The summed E-state index contributed by atoms with van der Waals surface area (Å²) in [5, 5.41) is 0. The lowest BCUT2D eigenvalue weighted by atomic mass is 10.2. The number of carbonyl (C=O) groups excluding carboxylic acids is 1. The number of nitrogens with zero attached hydrogens (tertiary/aromatic N) is 2. The van der Waals surface area contributed by atoms with Crippen LogP contribution in [0.25, 0.3) is 0 Å². The summed E-state index contributed by atoms with van der Waals surface area (Å²) in [5.41, 5.74) is 1.76. The minimum Gasteiger partial charge on any atom is -0.495 e. The summed E-state index contributed by atoms with van der Waals surface area (Å²) in [6, 6.07) is 20.4. The average Bonchev–Trinajstić information content (AvgIpc) is 2.82. The molecule has 3 rings (SSSR count). The van der Waals surface area contributed by atoms with Gasteiger partial charge in [0, 0.05) is 7.05 Å². The number of carbonyl (C=O) groups is 1. The fraction of sp³-hybridized carbons (Fsp3) is 0.240. The lowest BCUT2D eigenvalue weighted by Gasteiger charge is -2.28. The third-order valence-electron chi connectivity index (χ3n) is 5.14. The molecule has 0 radical (unpaired) electrons. The fourth-order valence-corrected chi connectivity index (χ4v) is 4.77. The first-order chi connectivity index (χ1) is 15.8. The molecule has 0 heterocycles. The van der Waals surface area contributed by atoms with Crippen LogP contribution in [0.1, 0.15) is 12.5 Å². The molecule has 0 saturated carbocycles. The molecule has 33 heavy (non-hydrogen) atoms. The summed E-state index contributed by atoms with van der Waals surface area (Å²) in [6.45, 7) is 3.75. The number of amides is 1. The highest BCUT2D eigenvalue weighted by molar-refractivity contribution is 7.92. The predicted molar refractivity (Wildman–Crippen MR) is 130 cm³/mol. The second-order valence-electron chi connectivity index (χ2n) is 7.35. The van der Waals surface area contributed by atoms with Crippen LogP contribution in [0.15, 0.2) is 77.7 Å². The Morgan fingerprint density at radius 2 is 1.45 bits per heavy atom. The Morgan fingerprint density at radius 1 is 0.879 bits per heavy atom. The normalized spacial score (nSPS) is 11.0. The average molecular weight is 469 g/mol. The van der Waals surface area contributed by atoms with E-state index in [1.807, 2.05) is 19.9 Å². The van der Waals surface area contributed by atoms with E-state index in [0.717, 1.165) is 9.87 Å². The summed E-state index contributed by atoms with van der Waals surface area (Å²) in [6.07, 6.45) is 0. The molecule has 0 N–H and O–H groups in total. The van der Waals surface area contributed by atoms with E-state index < -0.39 is 22.5 Å². The molecule has 0 fully saturated rings. The van der Waals surface area contributed by atoms with Gasteiger partial charge >= 0.3 is 0 Å². The van der Waals surface area contributed by atoms with Crippen LogP contribution in [0.5, 0.6) is 11.5 Å². The first kappa shape index (κ1) is 24.1. The summed E-state index contributed by atoms with van der Waals surface area (Å²) >= 11 is 0. The molecule has 0 spiro atoms. The highest BCUT2D eigenvalue weighted by Gasteiger charge is 2.31. The number of para-hydroxylation sites is 4. The van der Waals surface area contributed by atoms with Crippen molar-refractivity contribution in [3.63, 3.8) is 0 Å². The van der Waals surface area contributed by atoms with Crippen molar-refractivity contribution in [2.75, 3.05) is 36.5 Å². The molecule has 0 aliphatic heterocycles. The number of rotatable bonds is 9. The van der Waals surface area contributed by atoms with Gasteiger partial charge in [0.1, 0.15) is 18.0 Å². The number of ether oxygens (including phenoxy) is 2. The molecular formula is C25H28N2O5S. The number of hydrogen-bond donors (Lipinski definition) is 0. The first-order valence-electron chi connectivity index (χ1n) is 10.5. The number of sulfonamides is 1. The zero-order chi connectivity index (χ0) is 24.0. The Bertz CT molecular complexity index is 1210. The lowest BCUT2D eigenvalue weighted by Crippen LogP contribution is -2.42. The zero-order valence-corrected chi connectivity index (χ0v) is 20.0. The minimum absolute atomic E-state index is 0.0872. The Hall–Kier alpha value is -3.52. The van der Waals surface area contributed by atoms with Crippen LogP contribution in [0.4, 0.5) is 11.4 Å². The molecule has 0 saturated heterocycles. The SMILES string of the molecule is CCOc1ccccc1N(C)C(=O)CN(c1ccccc1OC)S(=O)(=O)c1ccc(C)cc1. The molecule has 0 atom stereocenters. The minimum atomic E-state index is -4.06. The molecule has 3 aromatic carbocycles. The zero-order valence-electron chi connectivity index (χ0n) is 19.2. The van der Waals surface area contributed by atoms with Gasteiger partial charge in [0.2, 0.25) is 5.91 Å². The Kier molecular flexibility index (Phi) is 7.60. The molecule has 8 heteroatoms. The largest absolute Gasteiger partial charge is 0.495 e. The van der Waals surface area contributed by atoms with Crippen LogP contribution in [-0.2, 0) is 14.8 Å². The van der Waals surface area contributed by atoms with Crippen LogP contribution in [-0.4, -0.2) is 41.6 Å². The van der Waals surface area contributed by atoms with Gasteiger partial charge in [-0.15, -0.1) is 0 Å². The molecule has 7 nitrogen and oxygen atoms in total. The molecule has 0 unspecified atom stereocenters. The highest BCUT2D eigenvalue weighted by Crippen LogP contribution is 2.33. The second kappa shape index (κ2) is 10.4. The summed E-state index contributed by atoms with van der Waals surface area (Å²) < 4.78 is 39.4. The van der Waals surface area contributed by atoms with Gasteiger partial charge < -0.3 is 14.4 Å². The van der Waals surface area contributed by atoms with E-state index in [1.54, 1.807) is 61.6 Å². The summed E-state index contributed by atoms with van der Waals surface area (Å²) in [5.74, 6) is 0.461. The quantitative estimate of drug-likeness (QED) is 0.469. The van der Waals surface area contributed by atoms with E-state index in [0.29, 0.717) is 23.8 Å². The van der Waals surface area contributed by atoms with Gasteiger partial charge in [-0.05, 0) is 50.2 Å². The Labute approximate surface area is 195 Å². The van der Waals surface area contributed by atoms with E-state index in [2.05, 4.69) is 0 Å². The van der Waals surface area contributed by atoms with Crippen LogP contribution >= 0.6 is 0 Å². The maximum absolute atomic E-state index is 13.7. The van der Waals surface area contributed by atoms with Gasteiger partial charge in [-0.3, -0.25) is 9.10 Å². The molecule has 0 aliphatic carbocycles. The molecule has 174 valence electrons. The van der Waals surface area contributed by atoms with Gasteiger partial charge in [0.25, 0.3) is 10.0 Å². The van der Waals surface area contributed by atoms with Gasteiger partial charge in [-0.25, -0.2) is 8.42 Å². The van der Waals surface area contributed by atoms with E-state index in [9.17, 15) is 13.2 Å². The Balaban J connectivity index is 2.04. The third-order valence-corrected chi connectivity index (χ3v) is 6.92. The molecule has 0 aliphatic rings. The topological polar surface area (TPSA) is 76.2 Å². The van der Waals surface area contributed by atoms with Crippen molar-refractivity contribution < 1.29 is 22.7 Å². The van der Waals surface area contributed by atoms with Crippen LogP contribution < -0.4 is 18.7 Å². The molecular weight excluding hydrogens is 440 g/mol. The maximum atomic E-state index is 13.7. The molecule has 1 amide bonds. The van der Waals surface area contributed by atoms with Crippen LogP contribution in [0.3, 0.4) is 0 Å². The van der Waals surface area contributed by atoms with E-state index in [4.69, 9.17) is 9.47 Å². The van der Waals surface area contributed by atoms with E-state index in [1.165, 1.54) is 24.1 Å². The summed E-state index contributed by atoms with van der Waals surface area (Å²) in [7, 11) is -1.00. The smallest absolute Gasteiger partial charge is 0.264 e.